The van der Waals surface area contributed by atoms with Crippen molar-refractivity contribution in [3.63, 3.8) is 0 Å². The lowest BCUT2D eigenvalue weighted by molar-refractivity contribution is -0.113. The molecule has 34 heavy (non-hydrogen) atoms. The minimum Gasteiger partial charge on any atom is -0.372 e. The van der Waals surface area contributed by atoms with Crippen molar-refractivity contribution in [1.82, 2.24) is 14.8 Å². The lowest BCUT2D eigenvalue weighted by Crippen LogP contribution is -2.21. The standard InChI is InChI=1S/C26H26FN5OS/c1-3-31(4-2)22-16-14-21(15-17-22)28-24(33)18-34-26-30-29-25(19-10-12-20(27)13-11-19)32(26)23-8-6-5-7-9-23/h5-17H,3-4,18H2,1-2H3,(H,28,33). The van der Waals surface area contributed by atoms with Crippen LogP contribution >= 0.6 is 11.8 Å². The summed E-state index contributed by atoms with van der Waals surface area (Å²) in [5.74, 6) is 0.310. The number of hydrogen-bond donors (Lipinski definition) is 1. The molecule has 3 aromatic carbocycles. The molecule has 4 rings (SSSR count). The van der Waals surface area contributed by atoms with Gasteiger partial charge in [0.2, 0.25) is 5.91 Å². The molecule has 0 aliphatic heterocycles. The maximum atomic E-state index is 13.4. The van der Waals surface area contributed by atoms with Gasteiger partial charge in [-0.3, -0.25) is 9.36 Å². The fraction of sp³-hybridized carbons (Fsp3) is 0.192. The van der Waals surface area contributed by atoms with E-state index in [1.165, 1.54) is 23.9 Å². The third-order valence-corrected chi connectivity index (χ3v) is 6.29. The molecule has 0 bridgehead atoms. The van der Waals surface area contributed by atoms with Crippen LogP contribution in [0.15, 0.2) is 84.0 Å². The Hall–Kier alpha value is -3.65. The largest absolute Gasteiger partial charge is 0.372 e. The van der Waals surface area contributed by atoms with E-state index in [4.69, 9.17) is 0 Å². The van der Waals surface area contributed by atoms with Crippen molar-refractivity contribution in [3.05, 3.63) is 84.7 Å². The molecule has 174 valence electrons. The molecule has 0 spiro atoms. The monoisotopic (exact) mass is 475 g/mol. The molecule has 0 fully saturated rings. The second-order valence-corrected chi connectivity index (χ2v) is 8.48. The third kappa shape index (κ3) is 5.46. The summed E-state index contributed by atoms with van der Waals surface area (Å²) >= 11 is 1.30. The predicted molar refractivity (Wildman–Crippen MR) is 136 cm³/mol. The lowest BCUT2D eigenvalue weighted by atomic mass is 10.2. The summed E-state index contributed by atoms with van der Waals surface area (Å²) in [5.41, 5.74) is 3.48. The SMILES string of the molecule is CCN(CC)c1ccc(NC(=O)CSc2nnc(-c3ccc(F)cc3)n2-c2ccccc2)cc1. The minimum absolute atomic E-state index is 0.133. The van der Waals surface area contributed by atoms with Crippen molar-refractivity contribution < 1.29 is 9.18 Å². The normalized spacial score (nSPS) is 10.8. The van der Waals surface area contributed by atoms with E-state index in [0.717, 1.165) is 35.7 Å². The fourth-order valence-electron chi connectivity index (χ4n) is 3.63. The number of para-hydroxylation sites is 1. The maximum Gasteiger partial charge on any atom is 0.234 e. The molecule has 1 heterocycles. The number of carbonyl (C=O) groups is 1. The van der Waals surface area contributed by atoms with Crippen molar-refractivity contribution in [2.75, 3.05) is 29.1 Å². The van der Waals surface area contributed by atoms with E-state index in [-0.39, 0.29) is 17.5 Å². The molecule has 0 saturated carbocycles. The van der Waals surface area contributed by atoms with E-state index in [2.05, 4.69) is 34.3 Å². The fourth-order valence-corrected chi connectivity index (χ4v) is 4.38. The van der Waals surface area contributed by atoms with E-state index < -0.39 is 0 Å². The van der Waals surface area contributed by atoms with Crippen LogP contribution in [0.5, 0.6) is 0 Å². The highest BCUT2D eigenvalue weighted by Crippen LogP contribution is 2.28. The zero-order valence-electron chi connectivity index (χ0n) is 19.1. The van der Waals surface area contributed by atoms with Gasteiger partial charge in [-0.1, -0.05) is 30.0 Å². The Morgan fingerprint density at radius 3 is 2.26 bits per heavy atom. The van der Waals surface area contributed by atoms with Crippen LogP contribution < -0.4 is 10.2 Å². The van der Waals surface area contributed by atoms with Crippen LogP contribution in [0.25, 0.3) is 17.1 Å². The number of rotatable bonds is 9. The summed E-state index contributed by atoms with van der Waals surface area (Å²) in [5, 5.41) is 12.2. The first-order valence-electron chi connectivity index (χ1n) is 11.1. The second-order valence-electron chi connectivity index (χ2n) is 7.54. The molecule has 1 aromatic heterocycles. The second kappa shape index (κ2) is 11.0. The van der Waals surface area contributed by atoms with Crippen molar-refractivity contribution in [1.29, 1.82) is 0 Å². The maximum absolute atomic E-state index is 13.4. The van der Waals surface area contributed by atoms with Crippen molar-refractivity contribution in [3.8, 4) is 17.1 Å². The Labute approximate surface area is 202 Å². The smallest absolute Gasteiger partial charge is 0.234 e. The van der Waals surface area contributed by atoms with Gasteiger partial charge in [0.15, 0.2) is 11.0 Å². The highest BCUT2D eigenvalue weighted by atomic mass is 32.2. The van der Waals surface area contributed by atoms with Crippen LogP contribution in [0.2, 0.25) is 0 Å². The number of nitrogens with one attached hydrogen (secondary N) is 1. The topological polar surface area (TPSA) is 63.1 Å². The molecule has 0 aliphatic rings. The summed E-state index contributed by atoms with van der Waals surface area (Å²) in [6.45, 7) is 6.10. The Balaban J connectivity index is 1.49. The van der Waals surface area contributed by atoms with Gasteiger partial charge in [-0.15, -0.1) is 10.2 Å². The molecular formula is C26H26FN5OS. The molecule has 0 saturated heterocycles. The number of aromatic nitrogens is 3. The van der Waals surface area contributed by atoms with Gasteiger partial charge < -0.3 is 10.2 Å². The van der Waals surface area contributed by atoms with Crippen LogP contribution in [0.4, 0.5) is 15.8 Å². The number of carbonyl (C=O) groups excluding carboxylic acids is 1. The van der Waals surface area contributed by atoms with Gasteiger partial charge in [0.1, 0.15) is 5.82 Å². The average Bonchev–Trinajstić information content (AvgIpc) is 3.29. The summed E-state index contributed by atoms with van der Waals surface area (Å²) in [6.07, 6.45) is 0. The van der Waals surface area contributed by atoms with Gasteiger partial charge in [0, 0.05) is 35.7 Å². The first-order chi connectivity index (χ1) is 16.6. The van der Waals surface area contributed by atoms with Gasteiger partial charge in [-0.05, 0) is 74.5 Å². The number of benzene rings is 3. The zero-order chi connectivity index (χ0) is 23.9. The lowest BCUT2D eigenvalue weighted by Gasteiger charge is -2.21. The van der Waals surface area contributed by atoms with Crippen molar-refractivity contribution >= 4 is 29.0 Å². The van der Waals surface area contributed by atoms with Gasteiger partial charge in [0.25, 0.3) is 0 Å². The van der Waals surface area contributed by atoms with Crippen LogP contribution in [0.1, 0.15) is 13.8 Å². The first kappa shape index (κ1) is 23.5. The highest BCUT2D eigenvalue weighted by Gasteiger charge is 2.17. The van der Waals surface area contributed by atoms with E-state index in [9.17, 15) is 9.18 Å². The Kier molecular flexibility index (Phi) is 7.59. The summed E-state index contributed by atoms with van der Waals surface area (Å²) in [6, 6.07) is 23.6. The Morgan fingerprint density at radius 1 is 0.941 bits per heavy atom. The number of amides is 1. The van der Waals surface area contributed by atoms with Gasteiger partial charge >= 0.3 is 0 Å². The Morgan fingerprint density at radius 2 is 1.62 bits per heavy atom. The molecule has 4 aromatic rings. The first-order valence-corrected chi connectivity index (χ1v) is 12.1. The van der Waals surface area contributed by atoms with Crippen LogP contribution in [0, 0.1) is 5.82 Å². The van der Waals surface area contributed by atoms with Gasteiger partial charge in [-0.2, -0.15) is 0 Å². The predicted octanol–water partition coefficient (Wildman–Crippen LogP) is 5.65. The zero-order valence-corrected chi connectivity index (χ0v) is 19.9. The van der Waals surface area contributed by atoms with Crippen molar-refractivity contribution in [2.45, 2.75) is 19.0 Å². The number of anilines is 2. The highest BCUT2D eigenvalue weighted by molar-refractivity contribution is 7.99. The summed E-state index contributed by atoms with van der Waals surface area (Å²) < 4.78 is 15.3. The van der Waals surface area contributed by atoms with Crippen LogP contribution in [0.3, 0.4) is 0 Å². The minimum atomic E-state index is -0.314. The molecule has 0 radical (unpaired) electrons. The molecular weight excluding hydrogens is 449 g/mol. The van der Waals surface area contributed by atoms with E-state index in [0.29, 0.717) is 11.0 Å². The molecule has 8 heteroatoms. The number of thioether (sulfide) groups is 1. The number of nitrogens with zero attached hydrogens (tertiary/aromatic N) is 4. The van der Waals surface area contributed by atoms with E-state index >= 15 is 0 Å². The van der Waals surface area contributed by atoms with Gasteiger partial charge in [-0.25, -0.2) is 4.39 Å². The van der Waals surface area contributed by atoms with E-state index in [1.54, 1.807) is 12.1 Å². The van der Waals surface area contributed by atoms with Crippen LogP contribution in [-0.4, -0.2) is 39.5 Å². The summed E-state index contributed by atoms with van der Waals surface area (Å²) in [4.78, 5) is 14.9. The molecule has 6 nitrogen and oxygen atoms in total. The average molecular weight is 476 g/mol. The molecule has 0 atom stereocenters. The summed E-state index contributed by atoms with van der Waals surface area (Å²) in [7, 11) is 0. The van der Waals surface area contributed by atoms with Gasteiger partial charge in [0.05, 0.1) is 5.75 Å². The quantitative estimate of drug-likeness (QED) is 0.317. The van der Waals surface area contributed by atoms with Crippen molar-refractivity contribution in [2.24, 2.45) is 0 Å². The molecule has 0 aliphatic carbocycles. The number of hydrogen-bond acceptors (Lipinski definition) is 5. The van der Waals surface area contributed by atoms with Crippen LogP contribution in [-0.2, 0) is 4.79 Å². The third-order valence-electron chi connectivity index (χ3n) is 5.36. The number of halogens is 1. The molecule has 0 unspecified atom stereocenters. The Bertz CT molecular complexity index is 1220. The molecule has 1 N–H and O–H groups in total. The molecule has 1 amide bonds. The van der Waals surface area contributed by atoms with E-state index in [1.807, 2.05) is 59.2 Å².